The molecule has 0 aliphatic heterocycles. The first-order chi connectivity index (χ1) is 20.2. The van der Waals surface area contributed by atoms with Crippen molar-refractivity contribution >= 4 is 17.7 Å². The van der Waals surface area contributed by atoms with Crippen molar-refractivity contribution < 1.29 is 14.3 Å². The molecule has 0 aliphatic rings. The molecule has 0 saturated heterocycles. The predicted octanol–water partition coefficient (Wildman–Crippen LogP) is 7.32. The highest BCUT2D eigenvalue weighted by molar-refractivity contribution is 8.00. The molecule has 0 unspecified atom stereocenters. The highest BCUT2D eigenvalue weighted by atomic mass is 32.2. The predicted molar refractivity (Wildman–Crippen MR) is 173 cm³/mol. The molecule has 0 spiro atoms. The van der Waals surface area contributed by atoms with E-state index in [1.54, 1.807) is 7.11 Å². The maximum atomic E-state index is 11.9. The first-order valence-electron chi connectivity index (χ1n) is 15.1. The summed E-state index contributed by atoms with van der Waals surface area (Å²) in [6.07, 6.45) is 10.1. The maximum absolute atomic E-state index is 11.9. The summed E-state index contributed by atoms with van der Waals surface area (Å²) in [5.41, 5.74) is 9.26. The quantitative estimate of drug-likeness (QED) is 0.103. The fourth-order valence-electron chi connectivity index (χ4n) is 5.13. The molecule has 0 fully saturated rings. The second-order valence-electron chi connectivity index (χ2n) is 10.3. The smallest absolute Gasteiger partial charge is 0.220 e. The van der Waals surface area contributed by atoms with Crippen molar-refractivity contribution in [3.05, 3.63) is 102 Å². The van der Waals surface area contributed by atoms with E-state index < -0.39 is 0 Å². The van der Waals surface area contributed by atoms with Crippen molar-refractivity contribution in [3.63, 3.8) is 0 Å². The normalized spacial score (nSPS) is 11.4. The van der Waals surface area contributed by atoms with Crippen molar-refractivity contribution in [1.82, 2.24) is 5.32 Å². The van der Waals surface area contributed by atoms with E-state index in [9.17, 15) is 4.79 Å². The Morgan fingerprint density at radius 2 is 1.27 bits per heavy atom. The Balaban J connectivity index is 1.44. The second-order valence-corrected chi connectivity index (χ2v) is 11.6. The van der Waals surface area contributed by atoms with Crippen LogP contribution in [0.25, 0.3) is 0 Å². The number of amides is 1. The highest BCUT2D eigenvalue weighted by Crippen LogP contribution is 2.49. The van der Waals surface area contributed by atoms with E-state index in [1.165, 1.54) is 55.2 Å². The van der Waals surface area contributed by atoms with Crippen LogP contribution in [0.15, 0.2) is 84.9 Å². The molecule has 0 aliphatic carbocycles. The highest BCUT2D eigenvalue weighted by Gasteiger charge is 2.36. The lowest BCUT2D eigenvalue weighted by atomic mass is 9.84. The van der Waals surface area contributed by atoms with E-state index >= 15 is 0 Å². The molecule has 6 heteroatoms. The van der Waals surface area contributed by atoms with Gasteiger partial charge in [-0.15, -0.1) is 11.8 Å². The number of nitrogens with two attached hydrogens (primary N) is 1. The fraction of sp³-hybridized carbons (Fsp3) is 0.457. The number of hydrogen-bond donors (Lipinski definition) is 2. The third kappa shape index (κ3) is 10.8. The monoisotopic (exact) mass is 576 g/mol. The zero-order valence-electron chi connectivity index (χ0n) is 24.7. The van der Waals surface area contributed by atoms with Gasteiger partial charge in [0.05, 0.1) is 25.1 Å². The van der Waals surface area contributed by atoms with Crippen LogP contribution in [0.4, 0.5) is 0 Å². The van der Waals surface area contributed by atoms with Crippen LogP contribution in [0, 0.1) is 0 Å². The first-order valence-corrected chi connectivity index (χ1v) is 16.1. The Labute approximate surface area is 251 Å². The van der Waals surface area contributed by atoms with E-state index in [-0.39, 0.29) is 10.7 Å². The molecule has 5 nitrogen and oxygen atoms in total. The van der Waals surface area contributed by atoms with Crippen LogP contribution >= 0.6 is 11.8 Å². The SMILES string of the molecule is COc1ccc(C(SCCCCCCCCCCC(=O)NCCOCCN)(c2ccccc2)c2ccccc2)cc1. The first kappa shape index (κ1) is 32.7. The Hall–Kier alpha value is -2.80. The molecule has 41 heavy (non-hydrogen) atoms. The zero-order chi connectivity index (χ0) is 29.0. The van der Waals surface area contributed by atoms with Gasteiger partial charge < -0.3 is 20.5 Å². The molecule has 3 aromatic rings. The van der Waals surface area contributed by atoms with Gasteiger partial charge in [-0.25, -0.2) is 0 Å². The number of hydrogen-bond acceptors (Lipinski definition) is 5. The van der Waals surface area contributed by atoms with Gasteiger partial charge in [0.2, 0.25) is 5.91 Å². The van der Waals surface area contributed by atoms with Crippen LogP contribution in [-0.2, 0) is 14.3 Å². The molecule has 0 atom stereocenters. The topological polar surface area (TPSA) is 73.6 Å². The maximum Gasteiger partial charge on any atom is 0.220 e. The fourth-order valence-corrected chi connectivity index (χ4v) is 6.69. The summed E-state index contributed by atoms with van der Waals surface area (Å²) >= 11 is 2.04. The van der Waals surface area contributed by atoms with Crippen LogP contribution < -0.4 is 15.8 Å². The lowest BCUT2D eigenvalue weighted by Gasteiger charge is -2.35. The van der Waals surface area contributed by atoms with Gasteiger partial charge in [0.1, 0.15) is 5.75 Å². The number of carbonyl (C=O) groups is 1. The van der Waals surface area contributed by atoms with E-state index in [2.05, 4.69) is 90.2 Å². The van der Waals surface area contributed by atoms with Gasteiger partial charge in [0.25, 0.3) is 0 Å². The summed E-state index contributed by atoms with van der Waals surface area (Å²) in [6, 6.07) is 30.3. The summed E-state index contributed by atoms with van der Waals surface area (Å²) in [7, 11) is 1.72. The number of carbonyl (C=O) groups excluding carboxylic acids is 1. The minimum Gasteiger partial charge on any atom is -0.497 e. The number of rotatable bonds is 21. The van der Waals surface area contributed by atoms with E-state index in [4.69, 9.17) is 15.2 Å². The molecular weight excluding hydrogens is 528 g/mol. The van der Waals surface area contributed by atoms with Crippen molar-refractivity contribution in [3.8, 4) is 5.75 Å². The van der Waals surface area contributed by atoms with Gasteiger partial charge >= 0.3 is 0 Å². The van der Waals surface area contributed by atoms with E-state index in [1.807, 2.05) is 11.8 Å². The molecule has 222 valence electrons. The average molecular weight is 577 g/mol. The zero-order valence-corrected chi connectivity index (χ0v) is 25.5. The van der Waals surface area contributed by atoms with Gasteiger partial charge in [-0.05, 0) is 47.4 Å². The van der Waals surface area contributed by atoms with Gasteiger partial charge in [0.15, 0.2) is 0 Å². The number of thioether (sulfide) groups is 1. The lowest BCUT2D eigenvalue weighted by Crippen LogP contribution is -2.27. The summed E-state index contributed by atoms with van der Waals surface area (Å²) in [5.74, 6) is 2.08. The van der Waals surface area contributed by atoms with Crippen molar-refractivity contribution in [2.75, 3.05) is 39.2 Å². The molecule has 0 bridgehead atoms. The molecule has 0 heterocycles. The average Bonchev–Trinajstić information content (AvgIpc) is 3.02. The van der Waals surface area contributed by atoms with Gasteiger partial charge in [-0.3, -0.25) is 4.79 Å². The van der Waals surface area contributed by atoms with Gasteiger partial charge in [-0.1, -0.05) is 111 Å². The molecule has 3 N–H and O–H groups in total. The molecule has 0 radical (unpaired) electrons. The Kier molecular flexibility index (Phi) is 15.4. The molecule has 3 aromatic carbocycles. The minimum absolute atomic E-state index is 0.121. The second kappa shape index (κ2) is 19.3. The largest absolute Gasteiger partial charge is 0.497 e. The van der Waals surface area contributed by atoms with Crippen LogP contribution in [0.3, 0.4) is 0 Å². The standard InChI is InChI=1S/C35H48N2O3S/c1-39-33-23-21-32(22-24-33)35(30-16-10-8-11-17-30,31-18-12-9-13-19-31)41-29-15-7-5-3-2-4-6-14-20-34(38)37-26-28-40-27-25-36/h8-13,16-19,21-24H,2-7,14-15,20,25-29,36H2,1H3,(H,37,38). The van der Waals surface area contributed by atoms with Crippen molar-refractivity contribution in [2.24, 2.45) is 5.73 Å². The van der Waals surface area contributed by atoms with E-state index in [0.29, 0.717) is 32.7 Å². The Morgan fingerprint density at radius 3 is 1.83 bits per heavy atom. The van der Waals surface area contributed by atoms with Crippen LogP contribution in [0.5, 0.6) is 5.75 Å². The summed E-state index contributed by atoms with van der Waals surface area (Å²) in [4.78, 5) is 11.9. The van der Waals surface area contributed by atoms with E-state index in [0.717, 1.165) is 24.3 Å². The molecule has 3 rings (SSSR count). The van der Waals surface area contributed by atoms with Crippen molar-refractivity contribution in [1.29, 1.82) is 0 Å². The Morgan fingerprint density at radius 1 is 0.732 bits per heavy atom. The summed E-state index contributed by atoms with van der Waals surface area (Å²) in [5, 5.41) is 2.91. The van der Waals surface area contributed by atoms with Crippen LogP contribution in [0.1, 0.15) is 74.5 Å². The third-order valence-electron chi connectivity index (χ3n) is 7.30. The molecule has 0 aromatic heterocycles. The summed E-state index contributed by atoms with van der Waals surface area (Å²) in [6.45, 7) is 2.15. The molecular formula is C35H48N2O3S. The minimum atomic E-state index is -0.279. The van der Waals surface area contributed by atoms with Gasteiger partial charge in [-0.2, -0.15) is 0 Å². The van der Waals surface area contributed by atoms with Gasteiger partial charge in [0, 0.05) is 19.5 Å². The molecule has 1 amide bonds. The number of nitrogens with one attached hydrogen (secondary N) is 1. The molecule has 0 saturated carbocycles. The Bertz CT molecular complexity index is 1050. The number of ether oxygens (including phenoxy) is 2. The van der Waals surface area contributed by atoms with Crippen molar-refractivity contribution in [2.45, 2.75) is 62.5 Å². The number of unbranched alkanes of at least 4 members (excludes halogenated alkanes) is 7. The third-order valence-corrected chi connectivity index (χ3v) is 8.94. The number of benzene rings is 3. The number of methoxy groups -OCH3 is 1. The summed E-state index contributed by atoms with van der Waals surface area (Å²) < 4.78 is 10.5. The lowest BCUT2D eigenvalue weighted by molar-refractivity contribution is -0.121. The van der Waals surface area contributed by atoms with Crippen LogP contribution in [0.2, 0.25) is 0 Å². The van der Waals surface area contributed by atoms with Crippen LogP contribution in [-0.4, -0.2) is 45.1 Å².